The van der Waals surface area contributed by atoms with Crippen molar-refractivity contribution < 1.29 is 34.7 Å². The highest BCUT2D eigenvalue weighted by Gasteiger charge is 2.44. The molecule has 1 saturated heterocycles. The summed E-state index contributed by atoms with van der Waals surface area (Å²) in [6, 6.07) is -0.525. The molecule has 136 valence electrons. The first-order valence-electron chi connectivity index (χ1n) is 7.90. The van der Waals surface area contributed by atoms with Gasteiger partial charge >= 0.3 is 0 Å². The number of carbonyl (C=O) groups is 1. The Hall–Kier alpha value is -0.610. The lowest BCUT2D eigenvalue weighted by atomic mass is 9.99. The first-order valence-corrected chi connectivity index (χ1v) is 7.90. The van der Waals surface area contributed by atoms with E-state index in [9.17, 15) is 20.1 Å². The molecule has 1 fully saturated rings. The summed E-state index contributed by atoms with van der Waals surface area (Å²) in [6.07, 6.45) is -6.67. The topological polar surface area (TPSA) is 128 Å². The van der Waals surface area contributed by atoms with Gasteiger partial charge in [0.2, 0.25) is 0 Å². The van der Waals surface area contributed by atoms with Crippen LogP contribution in [0.25, 0.3) is 0 Å². The Kier molecular flexibility index (Phi) is 8.02. The molecule has 0 spiro atoms. The van der Waals surface area contributed by atoms with Crippen LogP contribution in [-0.2, 0) is 14.3 Å². The Morgan fingerprint density at radius 3 is 2.22 bits per heavy atom. The zero-order valence-electron chi connectivity index (χ0n) is 14.0. The van der Waals surface area contributed by atoms with Crippen LogP contribution in [0.3, 0.4) is 0 Å². The molecule has 1 heterocycles. The third kappa shape index (κ3) is 5.46. The van der Waals surface area contributed by atoms with E-state index in [2.05, 4.69) is 5.32 Å². The third-order valence-corrected chi connectivity index (χ3v) is 3.72. The van der Waals surface area contributed by atoms with Crippen molar-refractivity contribution in [3.63, 3.8) is 0 Å². The summed E-state index contributed by atoms with van der Waals surface area (Å²) in [6.45, 7) is 6.78. The normalized spacial score (nSPS) is 33.2. The second kappa shape index (κ2) is 9.03. The number of aliphatic hydroxyl groups excluding tert-OH is 4. The summed E-state index contributed by atoms with van der Waals surface area (Å²) in [5.74, 6) is -0.229. The molecule has 0 aromatic heterocycles. The van der Waals surface area contributed by atoms with Gasteiger partial charge in [-0.15, -0.1) is 0 Å². The summed E-state index contributed by atoms with van der Waals surface area (Å²) in [7, 11) is 0. The molecule has 0 saturated carbocycles. The minimum Gasteiger partial charge on any atom is -0.394 e. The third-order valence-electron chi connectivity index (χ3n) is 3.72. The van der Waals surface area contributed by atoms with Gasteiger partial charge in [-0.25, -0.2) is 0 Å². The number of hydrogen-bond donors (Lipinski definition) is 5. The number of ether oxygens (including phenoxy) is 2. The first kappa shape index (κ1) is 20.4. The zero-order valence-corrected chi connectivity index (χ0v) is 14.0. The molecule has 0 aromatic carbocycles. The molecule has 1 aliphatic rings. The SMILES string of the molecule is CC(C)N[C@@H](CO[C@@H]1OC(CO)[C@@H](O)[C@H](O)C1O)C(=O)C(C)C. The van der Waals surface area contributed by atoms with Crippen LogP contribution in [0.15, 0.2) is 0 Å². The van der Waals surface area contributed by atoms with Crippen molar-refractivity contribution in [3.05, 3.63) is 0 Å². The minimum absolute atomic E-state index is 0.0386. The van der Waals surface area contributed by atoms with Crippen molar-refractivity contribution >= 4 is 5.78 Å². The van der Waals surface area contributed by atoms with Gasteiger partial charge in [-0.2, -0.15) is 0 Å². The fraction of sp³-hybridized carbons (Fsp3) is 0.933. The standard InChI is InChI=1S/C15H29NO7/c1-7(2)11(18)9(16-8(3)4)6-22-15-14(21)13(20)12(19)10(5-17)23-15/h7-10,12-17,19-21H,5-6H2,1-4H3/t9-,10?,12+,13-,14?,15+/m0/s1. The summed E-state index contributed by atoms with van der Waals surface area (Å²) in [4.78, 5) is 12.2. The molecule has 6 atom stereocenters. The molecule has 8 heteroatoms. The Morgan fingerprint density at radius 2 is 1.74 bits per heavy atom. The van der Waals surface area contributed by atoms with E-state index in [0.29, 0.717) is 0 Å². The van der Waals surface area contributed by atoms with Gasteiger partial charge < -0.3 is 35.2 Å². The van der Waals surface area contributed by atoms with E-state index in [-0.39, 0.29) is 24.3 Å². The molecule has 0 amide bonds. The molecule has 8 nitrogen and oxygen atoms in total. The summed E-state index contributed by atoms with van der Waals surface area (Å²) in [5, 5.41) is 41.6. The summed E-state index contributed by atoms with van der Waals surface area (Å²) < 4.78 is 10.7. The number of carbonyl (C=O) groups excluding carboxylic acids is 1. The molecule has 1 rings (SSSR count). The van der Waals surface area contributed by atoms with E-state index in [1.54, 1.807) is 13.8 Å². The lowest BCUT2D eigenvalue weighted by molar-refractivity contribution is -0.301. The maximum absolute atomic E-state index is 12.2. The lowest BCUT2D eigenvalue weighted by Crippen LogP contribution is -2.60. The smallest absolute Gasteiger partial charge is 0.186 e. The zero-order chi connectivity index (χ0) is 17.7. The van der Waals surface area contributed by atoms with Crippen molar-refractivity contribution in [2.75, 3.05) is 13.2 Å². The maximum atomic E-state index is 12.2. The van der Waals surface area contributed by atoms with Crippen LogP contribution in [0.4, 0.5) is 0 Å². The molecule has 23 heavy (non-hydrogen) atoms. The monoisotopic (exact) mass is 335 g/mol. The van der Waals surface area contributed by atoms with Gasteiger partial charge in [-0.1, -0.05) is 27.7 Å². The van der Waals surface area contributed by atoms with Crippen molar-refractivity contribution in [2.24, 2.45) is 5.92 Å². The molecular weight excluding hydrogens is 306 g/mol. The molecule has 0 radical (unpaired) electrons. The van der Waals surface area contributed by atoms with E-state index < -0.39 is 43.4 Å². The summed E-state index contributed by atoms with van der Waals surface area (Å²) in [5.41, 5.74) is 0. The van der Waals surface area contributed by atoms with Crippen molar-refractivity contribution in [3.8, 4) is 0 Å². The maximum Gasteiger partial charge on any atom is 0.186 e. The van der Waals surface area contributed by atoms with E-state index in [1.165, 1.54) is 0 Å². The molecule has 0 aliphatic carbocycles. The number of Topliss-reactive ketones (excluding diaryl/α,β-unsaturated/α-hetero) is 1. The average molecular weight is 335 g/mol. The van der Waals surface area contributed by atoms with Gasteiger partial charge in [-0.05, 0) is 0 Å². The van der Waals surface area contributed by atoms with Crippen LogP contribution in [0, 0.1) is 5.92 Å². The fourth-order valence-electron chi connectivity index (χ4n) is 2.41. The quantitative estimate of drug-likeness (QED) is 0.359. The minimum atomic E-state index is -1.50. The average Bonchev–Trinajstić information content (AvgIpc) is 2.49. The van der Waals surface area contributed by atoms with Gasteiger partial charge in [-0.3, -0.25) is 4.79 Å². The molecular formula is C15H29NO7. The van der Waals surface area contributed by atoms with E-state index in [0.717, 1.165) is 0 Å². The lowest BCUT2D eigenvalue weighted by Gasteiger charge is -2.40. The van der Waals surface area contributed by atoms with Crippen molar-refractivity contribution in [1.82, 2.24) is 5.32 Å². The number of nitrogens with one attached hydrogen (secondary N) is 1. The van der Waals surface area contributed by atoms with Crippen LogP contribution in [0.5, 0.6) is 0 Å². The predicted molar refractivity (Wildman–Crippen MR) is 81.6 cm³/mol. The number of hydrogen-bond acceptors (Lipinski definition) is 8. The van der Waals surface area contributed by atoms with Gasteiger partial charge in [0.05, 0.1) is 19.3 Å². The summed E-state index contributed by atoms with van der Waals surface area (Å²) >= 11 is 0. The van der Waals surface area contributed by atoms with E-state index in [4.69, 9.17) is 14.6 Å². The molecule has 2 unspecified atom stereocenters. The number of rotatable bonds is 8. The molecule has 1 aliphatic heterocycles. The molecule has 0 aromatic rings. The van der Waals surface area contributed by atoms with E-state index in [1.807, 2.05) is 13.8 Å². The highest BCUT2D eigenvalue weighted by atomic mass is 16.7. The second-order valence-electron chi connectivity index (χ2n) is 6.46. The van der Waals surface area contributed by atoms with Gasteiger partial charge in [0.25, 0.3) is 0 Å². The van der Waals surface area contributed by atoms with Crippen molar-refractivity contribution in [2.45, 2.75) is 70.5 Å². The molecule has 5 N–H and O–H groups in total. The highest BCUT2D eigenvalue weighted by molar-refractivity contribution is 5.85. The van der Waals surface area contributed by atoms with Crippen LogP contribution >= 0.6 is 0 Å². The number of ketones is 1. The predicted octanol–water partition coefficient (Wildman–Crippen LogP) is -1.61. The Labute approximate surface area is 136 Å². The van der Waals surface area contributed by atoms with Crippen LogP contribution < -0.4 is 5.32 Å². The highest BCUT2D eigenvalue weighted by Crippen LogP contribution is 2.22. The molecule has 0 bridgehead atoms. The van der Waals surface area contributed by atoms with Gasteiger partial charge in [0, 0.05) is 12.0 Å². The Bertz CT molecular complexity index is 375. The van der Waals surface area contributed by atoms with Gasteiger partial charge in [0.15, 0.2) is 12.1 Å². The second-order valence-corrected chi connectivity index (χ2v) is 6.46. The Balaban J connectivity index is 2.70. The first-order chi connectivity index (χ1) is 10.7. The Morgan fingerprint density at radius 1 is 1.13 bits per heavy atom. The van der Waals surface area contributed by atoms with Gasteiger partial charge in [0.1, 0.15) is 24.4 Å². The fourth-order valence-corrected chi connectivity index (χ4v) is 2.41. The largest absolute Gasteiger partial charge is 0.394 e. The van der Waals surface area contributed by atoms with Crippen molar-refractivity contribution in [1.29, 1.82) is 0 Å². The van der Waals surface area contributed by atoms with Crippen LogP contribution in [0.1, 0.15) is 27.7 Å². The number of aliphatic hydroxyl groups is 4. The van der Waals surface area contributed by atoms with E-state index >= 15 is 0 Å². The van der Waals surface area contributed by atoms with Crippen LogP contribution in [0.2, 0.25) is 0 Å². The van der Waals surface area contributed by atoms with Crippen LogP contribution in [-0.4, -0.2) is 82.2 Å².